The van der Waals surface area contributed by atoms with Crippen molar-refractivity contribution in [1.82, 2.24) is 10.6 Å². The number of benzene rings is 1. The summed E-state index contributed by atoms with van der Waals surface area (Å²) < 4.78 is 10.4. The van der Waals surface area contributed by atoms with Crippen LogP contribution in [0.2, 0.25) is 0 Å². The molecule has 7 heteroatoms. The number of hydrogen-bond donors (Lipinski definition) is 2. The zero-order valence-corrected chi connectivity index (χ0v) is 13.2. The van der Waals surface area contributed by atoms with Gasteiger partial charge in [-0.3, -0.25) is 4.79 Å². The monoisotopic (exact) mass is 328 g/mol. The molecule has 1 heterocycles. The molecule has 22 heavy (non-hydrogen) atoms. The van der Waals surface area contributed by atoms with Crippen molar-refractivity contribution in [3.63, 3.8) is 0 Å². The van der Waals surface area contributed by atoms with Crippen LogP contribution in [0.4, 0.5) is 0 Å². The second-order valence-corrected chi connectivity index (χ2v) is 4.67. The molecule has 0 saturated carbocycles. The van der Waals surface area contributed by atoms with E-state index in [0.29, 0.717) is 18.7 Å². The molecule has 0 aliphatic carbocycles. The maximum atomic E-state index is 12.2. The third-order valence-electron chi connectivity index (χ3n) is 3.16. The molecule has 1 aliphatic rings. The Labute approximate surface area is 136 Å². The van der Waals surface area contributed by atoms with Gasteiger partial charge in [-0.2, -0.15) is 0 Å². The first-order valence-electron chi connectivity index (χ1n) is 7.06. The molecule has 1 aromatic rings. The van der Waals surface area contributed by atoms with Gasteiger partial charge in [-0.1, -0.05) is 30.3 Å². The lowest BCUT2D eigenvalue weighted by Crippen LogP contribution is -2.49. The fourth-order valence-corrected chi connectivity index (χ4v) is 2.12. The number of halogens is 1. The number of carbonyl (C=O) groups excluding carboxylic acids is 2. The molecular formula is C15H21ClN2O4. The summed E-state index contributed by atoms with van der Waals surface area (Å²) in [6, 6.07) is 8.22. The van der Waals surface area contributed by atoms with Crippen LogP contribution < -0.4 is 10.6 Å². The zero-order chi connectivity index (χ0) is 15.1. The Morgan fingerprint density at radius 2 is 2.14 bits per heavy atom. The summed E-state index contributed by atoms with van der Waals surface area (Å²) in [6.07, 6.45) is -0.584. The maximum Gasteiger partial charge on any atom is 0.333 e. The highest BCUT2D eigenvalue weighted by Crippen LogP contribution is 2.15. The van der Waals surface area contributed by atoms with Crippen molar-refractivity contribution in [3.05, 3.63) is 35.9 Å². The summed E-state index contributed by atoms with van der Waals surface area (Å²) in [5.74, 6) is -0.787. The molecule has 0 bridgehead atoms. The molecule has 1 saturated heterocycles. The van der Waals surface area contributed by atoms with Gasteiger partial charge in [-0.05, 0) is 12.5 Å². The minimum atomic E-state index is -0.816. The van der Waals surface area contributed by atoms with Gasteiger partial charge in [-0.15, -0.1) is 12.4 Å². The van der Waals surface area contributed by atoms with Gasteiger partial charge in [0.2, 0.25) is 0 Å². The average molecular weight is 329 g/mol. The van der Waals surface area contributed by atoms with Crippen LogP contribution in [0.15, 0.2) is 30.3 Å². The molecule has 2 N–H and O–H groups in total. The van der Waals surface area contributed by atoms with Crippen molar-refractivity contribution in [1.29, 1.82) is 0 Å². The Kier molecular flexibility index (Phi) is 7.87. The summed E-state index contributed by atoms with van der Waals surface area (Å²) in [4.78, 5) is 24.3. The lowest BCUT2D eigenvalue weighted by Gasteiger charge is -2.25. The van der Waals surface area contributed by atoms with E-state index in [9.17, 15) is 9.59 Å². The number of carbonyl (C=O) groups is 2. The van der Waals surface area contributed by atoms with Gasteiger partial charge in [0.1, 0.15) is 6.10 Å². The smallest absolute Gasteiger partial charge is 0.333 e. The summed E-state index contributed by atoms with van der Waals surface area (Å²) in [7, 11) is 0. The van der Waals surface area contributed by atoms with Gasteiger partial charge in [-0.25, -0.2) is 4.79 Å². The number of nitrogens with one attached hydrogen (secondary N) is 2. The Morgan fingerprint density at radius 3 is 2.73 bits per heavy atom. The van der Waals surface area contributed by atoms with E-state index in [2.05, 4.69) is 10.6 Å². The van der Waals surface area contributed by atoms with E-state index in [1.807, 2.05) is 18.2 Å². The molecule has 0 aromatic heterocycles. The second kappa shape index (κ2) is 9.40. The highest BCUT2D eigenvalue weighted by atomic mass is 35.5. The number of ether oxygens (including phenoxy) is 2. The minimum Gasteiger partial charge on any atom is -0.464 e. The third kappa shape index (κ3) is 4.98. The lowest BCUT2D eigenvalue weighted by atomic mass is 10.1. The summed E-state index contributed by atoms with van der Waals surface area (Å²) >= 11 is 0. The van der Waals surface area contributed by atoms with Gasteiger partial charge in [0.15, 0.2) is 6.04 Å². The van der Waals surface area contributed by atoms with E-state index in [-0.39, 0.29) is 24.9 Å². The number of morpholine rings is 1. The minimum absolute atomic E-state index is 0. The highest BCUT2D eigenvalue weighted by Gasteiger charge is 2.29. The van der Waals surface area contributed by atoms with E-state index in [1.165, 1.54) is 0 Å². The molecule has 0 spiro atoms. The number of amides is 1. The molecule has 2 rings (SSSR count). The van der Waals surface area contributed by atoms with Crippen molar-refractivity contribution in [2.75, 3.05) is 26.3 Å². The first kappa shape index (κ1) is 18.4. The van der Waals surface area contributed by atoms with Crippen molar-refractivity contribution >= 4 is 24.3 Å². The van der Waals surface area contributed by atoms with E-state index < -0.39 is 18.1 Å². The number of hydrogen-bond acceptors (Lipinski definition) is 5. The lowest BCUT2D eigenvalue weighted by molar-refractivity contribution is -0.149. The molecule has 1 aromatic carbocycles. The predicted molar refractivity (Wildman–Crippen MR) is 83.8 cm³/mol. The molecule has 1 fully saturated rings. The zero-order valence-electron chi connectivity index (χ0n) is 12.4. The van der Waals surface area contributed by atoms with Crippen molar-refractivity contribution in [2.45, 2.75) is 19.1 Å². The van der Waals surface area contributed by atoms with Crippen LogP contribution in [-0.2, 0) is 19.1 Å². The van der Waals surface area contributed by atoms with Crippen LogP contribution >= 0.6 is 12.4 Å². The van der Waals surface area contributed by atoms with Crippen molar-refractivity contribution in [2.24, 2.45) is 0 Å². The Balaban J connectivity index is 0.00000242. The Morgan fingerprint density at radius 1 is 1.41 bits per heavy atom. The average Bonchev–Trinajstić information content (AvgIpc) is 2.54. The Hall–Kier alpha value is -1.63. The van der Waals surface area contributed by atoms with E-state index in [1.54, 1.807) is 19.1 Å². The molecule has 6 nitrogen and oxygen atoms in total. The van der Waals surface area contributed by atoms with Gasteiger partial charge in [0.05, 0.1) is 13.2 Å². The first-order chi connectivity index (χ1) is 10.2. The quantitative estimate of drug-likeness (QED) is 0.783. The third-order valence-corrected chi connectivity index (χ3v) is 3.16. The van der Waals surface area contributed by atoms with Crippen LogP contribution in [0.25, 0.3) is 0 Å². The van der Waals surface area contributed by atoms with E-state index >= 15 is 0 Å². The van der Waals surface area contributed by atoms with Gasteiger partial charge >= 0.3 is 5.97 Å². The predicted octanol–water partition coefficient (Wildman–Crippen LogP) is 0.817. The maximum absolute atomic E-state index is 12.2. The van der Waals surface area contributed by atoms with Crippen LogP contribution in [0, 0.1) is 0 Å². The van der Waals surface area contributed by atoms with Crippen molar-refractivity contribution < 1.29 is 19.1 Å². The summed E-state index contributed by atoms with van der Waals surface area (Å²) in [5.41, 5.74) is 0.688. The van der Waals surface area contributed by atoms with E-state index in [0.717, 1.165) is 6.54 Å². The molecule has 1 aliphatic heterocycles. The molecule has 122 valence electrons. The molecule has 1 unspecified atom stereocenters. The molecule has 0 radical (unpaired) electrons. The highest BCUT2D eigenvalue weighted by molar-refractivity contribution is 5.88. The molecular weight excluding hydrogens is 308 g/mol. The molecule has 1 amide bonds. The fourth-order valence-electron chi connectivity index (χ4n) is 2.12. The SMILES string of the molecule is CCOC(=O)[C@H](NC(=O)C1CNCCO1)c1ccccc1.Cl. The standard InChI is InChI=1S/C15H20N2O4.ClH/c1-2-20-15(19)13(11-6-4-3-5-7-11)17-14(18)12-10-16-8-9-21-12;/h3-7,12-13,16H,2,8-10H2,1H3,(H,17,18);1H/t12?,13-;/m1./s1. The normalized spacial score (nSPS) is 18.7. The number of rotatable bonds is 5. The first-order valence-corrected chi connectivity index (χ1v) is 7.06. The van der Waals surface area contributed by atoms with Crippen LogP contribution in [0.5, 0.6) is 0 Å². The van der Waals surface area contributed by atoms with E-state index in [4.69, 9.17) is 9.47 Å². The van der Waals surface area contributed by atoms with Crippen LogP contribution in [0.3, 0.4) is 0 Å². The van der Waals surface area contributed by atoms with Crippen molar-refractivity contribution in [3.8, 4) is 0 Å². The van der Waals surface area contributed by atoms with Gasteiger partial charge in [0, 0.05) is 13.1 Å². The van der Waals surface area contributed by atoms with Crippen LogP contribution in [-0.4, -0.2) is 44.3 Å². The Bertz CT molecular complexity index is 478. The van der Waals surface area contributed by atoms with Gasteiger partial charge < -0.3 is 20.1 Å². The van der Waals surface area contributed by atoms with Crippen LogP contribution in [0.1, 0.15) is 18.5 Å². The molecule has 2 atom stereocenters. The summed E-state index contributed by atoms with van der Waals surface area (Å²) in [5, 5.41) is 5.79. The van der Waals surface area contributed by atoms with Gasteiger partial charge in [0.25, 0.3) is 5.91 Å². The topological polar surface area (TPSA) is 76.7 Å². The second-order valence-electron chi connectivity index (χ2n) is 4.67. The summed E-state index contributed by atoms with van der Waals surface area (Å²) in [6.45, 7) is 3.64. The number of esters is 1. The largest absolute Gasteiger partial charge is 0.464 e. The fraction of sp³-hybridized carbons (Fsp3) is 0.467.